The summed E-state index contributed by atoms with van der Waals surface area (Å²) < 4.78 is 28.1. The van der Waals surface area contributed by atoms with Crippen molar-refractivity contribution in [2.75, 3.05) is 20.1 Å². The molecular formula is C20H20N4O3S. The smallest absolute Gasteiger partial charge is 0.285 e. The molecule has 0 bridgehead atoms. The van der Waals surface area contributed by atoms with E-state index in [-0.39, 0.29) is 17.3 Å². The van der Waals surface area contributed by atoms with Gasteiger partial charge in [-0.05, 0) is 30.2 Å². The van der Waals surface area contributed by atoms with Crippen LogP contribution >= 0.6 is 0 Å². The van der Waals surface area contributed by atoms with Crippen LogP contribution < -0.4 is 5.32 Å². The van der Waals surface area contributed by atoms with Crippen molar-refractivity contribution in [3.63, 3.8) is 0 Å². The second-order valence-corrected chi connectivity index (χ2v) is 8.27. The first-order valence-electron chi connectivity index (χ1n) is 8.93. The maximum absolute atomic E-state index is 12.3. The first-order chi connectivity index (χ1) is 13.5. The molecule has 0 saturated heterocycles. The molecule has 0 saturated carbocycles. The second-order valence-electron chi connectivity index (χ2n) is 6.70. The third kappa shape index (κ3) is 3.38. The van der Waals surface area contributed by atoms with Gasteiger partial charge in [0.05, 0.1) is 6.54 Å². The highest BCUT2D eigenvalue weighted by atomic mass is 32.2. The van der Waals surface area contributed by atoms with Crippen molar-refractivity contribution >= 4 is 32.7 Å². The van der Waals surface area contributed by atoms with E-state index in [1.807, 2.05) is 30.5 Å². The van der Waals surface area contributed by atoms with Gasteiger partial charge in [-0.25, -0.2) is 0 Å². The van der Waals surface area contributed by atoms with Crippen LogP contribution in [0.5, 0.6) is 0 Å². The van der Waals surface area contributed by atoms with Gasteiger partial charge in [-0.3, -0.25) is 4.79 Å². The lowest BCUT2D eigenvalue weighted by Crippen LogP contribution is -2.39. The van der Waals surface area contributed by atoms with E-state index in [0.29, 0.717) is 24.4 Å². The highest BCUT2D eigenvalue weighted by Crippen LogP contribution is 2.26. The molecule has 7 nitrogen and oxygen atoms in total. The minimum absolute atomic E-state index is 0.0244. The Morgan fingerprint density at radius 2 is 1.89 bits per heavy atom. The van der Waals surface area contributed by atoms with E-state index < -0.39 is 10.0 Å². The minimum Gasteiger partial charge on any atom is -0.361 e. The van der Waals surface area contributed by atoms with Gasteiger partial charge in [0.2, 0.25) is 5.91 Å². The van der Waals surface area contributed by atoms with E-state index in [2.05, 4.69) is 14.7 Å². The van der Waals surface area contributed by atoms with Crippen LogP contribution in [0.1, 0.15) is 11.1 Å². The lowest BCUT2D eigenvalue weighted by Gasteiger charge is -2.18. The van der Waals surface area contributed by atoms with Crippen LogP contribution in [0, 0.1) is 0 Å². The predicted octanol–water partition coefficient (Wildman–Crippen LogP) is 1.91. The molecule has 1 aliphatic heterocycles. The number of carbonyl (C=O) groups is 1. The van der Waals surface area contributed by atoms with Crippen LogP contribution in [0.4, 0.5) is 0 Å². The van der Waals surface area contributed by atoms with Gasteiger partial charge >= 0.3 is 0 Å². The monoisotopic (exact) mass is 396 g/mol. The zero-order chi connectivity index (χ0) is 19.7. The van der Waals surface area contributed by atoms with Gasteiger partial charge in [0, 0.05) is 36.3 Å². The molecule has 0 radical (unpaired) electrons. The SMILES string of the molecule is CN(CC(=O)NCCc1c[nH]c2ccccc12)C1=NS(=O)(=O)c2ccccc21. The third-order valence-electron chi connectivity index (χ3n) is 4.75. The molecule has 0 atom stereocenters. The summed E-state index contributed by atoms with van der Waals surface area (Å²) in [5, 5.41) is 4.03. The Morgan fingerprint density at radius 1 is 1.14 bits per heavy atom. The Kier molecular flexibility index (Phi) is 4.64. The summed E-state index contributed by atoms with van der Waals surface area (Å²) in [7, 11) is -2.03. The largest absolute Gasteiger partial charge is 0.361 e. The first-order valence-corrected chi connectivity index (χ1v) is 10.4. The van der Waals surface area contributed by atoms with Crippen molar-refractivity contribution in [2.45, 2.75) is 11.3 Å². The van der Waals surface area contributed by atoms with Gasteiger partial charge in [0.15, 0.2) is 5.84 Å². The number of aromatic amines is 1. The molecule has 28 heavy (non-hydrogen) atoms. The van der Waals surface area contributed by atoms with Crippen molar-refractivity contribution in [3.8, 4) is 0 Å². The van der Waals surface area contributed by atoms with Crippen LogP contribution in [0.2, 0.25) is 0 Å². The number of benzene rings is 2. The molecule has 8 heteroatoms. The van der Waals surface area contributed by atoms with Crippen LogP contribution in [0.25, 0.3) is 10.9 Å². The molecule has 144 valence electrons. The van der Waals surface area contributed by atoms with Gasteiger partial charge in [-0.1, -0.05) is 30.3 Å². The van der Waals surface area contributed by atoms with Gasteiger partial charge in [0.25, 0.3) is 10.0 Å². The van der Waals surface area contributed by atoms with Crippen molar-refractivity contribution in [3.05, 3.63) is 65.9 Å². The van der Waals surface area contributed by atoms with Crippen molar-refractivity contribution in [1.82, 2.24) is 15.2 Å². The predicted molar refractivity (Wildman–Crippen MR) is 108 cm³/mol. The van der Waals surface area contributed by atoms with E-state index in [4.69, 9.17) is 0 Å². The van der Waals surface area contributed by atoms with E-state index in [1.54, 1.807) is 30.1 Å². The zero-order valence-corrected chi connectivity index (χ0v) is 16.2. The van der Waals surface area contributed by atoms with Crippen molar-refractivity contribution in [1.29, 1.82) is 0 Å². The van der Waals surface area contributed by atoms with Crippen LogP contribution in [-0.2, 0) is 21.2 Å². The molecule has 2 N–H and O–H groups in total. The summed E-state index contributed by atoms with van der Waals surface area (Å²) in [6.45, 7) is 0.520. The number of aromatic nitrogens is 1. The lowest BCUT2D eigenvalue weighted by atomic mass is 10.1. The number of amides is 1. The highest BCUT2D eigenvalue weighted by molar-refractivity contribution is 7.90. The lowest BCUT2D eigenvalue weighted by molar-refractivity contribution is -0.121. The van der Waals surface area contributed by atoms with Crippen LogP contribution in [-0.4, -0.2) is 50.2 Å². The van der Waals surface area contributed by atoms with E-state index in [9.17, 15) is 13.2 Å². The summed E-state index contributed by atoms with van der Waals surface area (Å²) in [4.78, 5) is 17.3. The van der Waals surface area contributed by atoms with Gasteiger partial charge in [-0.2, -0.15) is 8.42 Å². The summed E-state index contributed by atoms with van der Waals surface area (Å²) in [5.74, 6) is 0.106. The maximum Gasteiger partial charge on any atom is 0.285 e. The second kappa shape index (κ2) is 7.12. The average Bonchev–Trinajstić information content (AvgIpc) is 3.21. The quantitative estimate of drug-likeness (QED) is 0.689. The number of hydrogen-bond donors (Lipinski definition) is 2. The van der Waals surface area contributed by atoms with Crippen molar-refractivity contribution in [2.24, 2.45) is 4.40 Å². The molecule has 1 amide bonds. The number of carbonyl (C=O) groups excluding carboxylic acids is 1. The number of fused-ring (bicyclic) bond motifs is 2. The molecular weight excluding hydrogens is 376 g/mol. The third-order valence-corrected chi connectivity index (χ3v) is 6.07. The molecule has 4 rings (SSSR count). The number of amidine groups is 1. The Hall–Kier alpha value is -3.13. The molecule has 1 aliphatic rings. The number of H-pyrrole nitrogens is 1. The molecule has 2 heterocycles. The Morgan fingerprint density at radius 3 is 2.75 bits per heavy atom. The first kappa shape index (κ1) is 18.2. The Bertz CT molecular complexity index is 1180. The van der Waals surface area contributed by atoms with Crippen molar-refractivity contribution < 1.29 is 13.2 Å². The molecule has 0 aliphatic carbocycles. The molecule has 2 aromatic carbocycles. The van der Waals surface area contributed by atoms with E-state index in [1.165, 1.54) is 6.07 Å². The van der Waals surface area contributed by atoms with E-state index >= 15 is 0 Å². The number of rotatable bonds is 5. The fraction of sp³-hybridized carbons (Fsp3) is 0.200. The molecule has 3 aromatic rings. The molecule has 0 spiro atoms. The van der Waals surface area contributed by atoms with Gasteiger partial charge in [-0.15, -0.1) is 4.40 Å². The summed E-state index contributed by atoms with van der Waals surface area (Å²) >= 11 is 0. The van der Waals surface area contributed by atoms with E-state index in [0.717, 1.165) is 16.5 Å². The number of hydrogen-bond acceptors (Lipinski definition) is 4. The molecule has 0 fully saturated rings. The molecule has 1 aromatic heterocycles. The standard InChI is InChI=1S/C20H20N4O3S/c1-24(20-16-7-3-5-9-18(16)28(26,27)23-20)13-19(25)21-11-10-14-12-22-17-8-4-2-6-15(14)17/h2-9,12,22H,10-11,13H2,1H3,(H,21,25). The Balaban J connectivity index is 1.37. The average molecular weight is 396 g/mol. The summed E-state index contributed by atoms with van der Waals surface area (Å²) in [6, 6.07) is 14.7. The topological polar surface area (TPSA) is 94.6 Å². The van der Waals surface area contributed by atoms with Gasteiger partial charge in [0.1, 0.15) is 4.90 Å². The fourth-order valence-electron chi connectivity index (χ4n) is 3.39. The number of nitrogens with one attached hydrogen (secondary N) is 2. The molecule has 0 unspecified atom stereocenters. The minimum atomic E-state index is -3.69. The maximum atomic E-state index is 12.3. The Labute approximate surface area is 163 Å². The summed E-state index contributed by atoms with van der Waals surface area (Å²) in [6.07, 6.45) is 2.66. The number of likely N-dealkylation sites (N-methyl/N-ethyl adjacent to an activating group) is 1. The highest BCUT2D eigenvalue weighted by Gasteiger charge is 2.30. The summed E-state index contributed by atoms with van der Waals surface area (Å²) in [5.41, 5.74) is 2.74. The van der Waals surface area contributed by atoms with Crippen LogP contribution in [0.15, 0.2) is 64.0 Å². The number of sulfonamides is 1. The number of nitrogens with zero attached hydrogens (tertiary/aromatic N) is 2. The zero-order valence-electron chi connectivity index (χ0n) is 15.3. The normalized spacial score (nSPS) is 14.5. The number of para-hydroxylation sites is 1. The van der Waals surface area contributed by atoms with Gasteiger partial charge < -0.3 is 15.2 Å². The fourth-order valence-corrected chi connectivity index (χ4v) is 4.64. The van der Waals surface area contributed by atoms with Crippen LogP contribution in [0.3, 0.4) is 0 Å².